The van der Waals surface area contributed by atoms with E-state index in [9.17, 15) is 0 Å². The highest BCUT2D eigenvalue weighted by Crippen LogP contribution is 2.24. The summed E-state index contributed by atoms with van der Waals surface area (Å²) in [6.07, 6.45) is 2.55. The van der Waals surface area contributed by atoms with E-state index in [2.05, 4.69) is 52.0 Å². The number of aromatic nitrogens is 2. The van der Waals surface area contributed by atoms with Crippen molar-refractivity contribution in [2.24, 2.45) is 0 Å². The number of methoxy groups -OCH3 is 1. The van der Waals surface area contributed by atoms with Crippen LogP contribution in [-0.4, -0.2) is 72.2 Å². The van der Waals surface area contributed by atoms with Gasteiger partial charge in [0.15, 0.2) is 0 Å². The monoisotopic (exact) mass is 431 g/mol. The number of benzene rings is 2. The Morgan fingerprint density at radius 3 is 2.34 bits per heavy atom. The number of nitrogens with zero attached hydrogens (tertiary/aromatic N) is 5. The SMILES string of the molecule is COc1ccc(N2CCN(C3CCCN(Cc4nc5ccccc5nc4C)C3)CC2)cc1. The summed E-state index contributed by atoms with van der Waals surface area (Å²) in [5, 5.41) is 0. The lowest BCUT2D eigenvalue weighted by atomic mass is 10.0. The van der Waals surface area contributed by atoms with E-state index >= 15 is 0 Å². The predicted molar refractivity (Wildman–Crippen MR) is 129 cm³/mol. The summed E-state index contributed by atoms with van der Waals surface area (Å²) >= 11 is 0. The first kappa shape index (κ1) is 21.2. The van der Waals surface area contributed by atoms with Gasteiger partial charge < -0.3 is 9.64 Å². The van der Waals surface area contributed by atoms with Gasteiger partial charge in [0.25, 0.3) is 0 Å². The van der Waals surface area contributed by atoms with Gasteiger partial charge in [0.2, 0.25) is 0 Å². The zero-order valence-electron chi connectivity index (χ0n) is 19.2. The van der Waals surface area contributed by atoms with Gasteiger partial charge in [-0.1, -0.05) is 12.1 Å². The van der Waals surface area contributed by atoms with E-state index < -0.39 is 0 Å². The van der Waals surface area contributed by atoms with E-state index in [0.717, 1.165) is 74.0 Å². The first-order valence-corrected chi connectivity index (χ1v) is 11.8. The van der Waals surface area contributed by atoms with Crippen molar-refractivity contribution in [2.45, 2.75) is 32.4 Å². The average molecular weight is 432 g/mol. The molecule has 3 aromatic rings. The molecule has 2 aliphatic rings. The minimum absolute atomic E-state index is 0.635. The van der Waals surface area contributed by atoms with Crippen LogP contribution in [0.1, 0.15) is 24.2 Å². The van der Waals surface area contributed by atoms with Crippen molar-refractivity contribution in [1.82, 2.24) is 19.8 Å². The molecule has 0 radical (unpaired) electrons. The van der Waals surface area contributed by atoms with Crippen LogP contribution >= 0.6 is 0 Å². The molecule has 0 bridgehead atoms. The molecule has 2 aliphatic heterocycles. The Kier molecular flexibility index (Phi) is 6.23. The maximum Gasteiger partial charge on any atom is 0.119 e. The molecule has 0 spiro atoms. The number of hydrogen-bond acceptors (Lipinski definition) is 6. The molecule has 6 heteroatoms. The molecule has 168 valence electrons. The molecule has 1 unspecified atom stereocenters. The van der Waals surface area contributed by atoms with Gasteiger partial charge in [-0.05, 0) is 62.7 Å². The molecule has 3 heterocycles. The number of piperazine rings is 1. The van der Waals surface area contributed by atoms with Gasteiger partial charge >= 0.3 is 0 Å². The molecule has 2 saturated heterocycles. The molecule has 0 amide bonds. The number of aryl methyl sites for hydroxylation is 1. The summed E-state index contributed by atoms with van der Waals surface area (Å²) in [6, 6.07) is 17.3. The number of piperidine rings is 1. The van der Waals surface area contributed by atoms with E-state index in [0.29, 0.717) is 6.04 Å². The van der Waals surface area contributed by atoms with Crippen LogP contribution in [0.2, 0.25) is 0 Å². The Morgan fingerprint density at radius 1 is 0.906 bits per heavy atom. The van der Waals surface area contributed by atoms with Gasteiger partial charge in [0.1, 0.15) is 5.75 Å². The van der Waals surface area contributed by atoms with Crippen molar-refractivity contribution < 1.29 is 4.74 Å². The Labute approximate surface area is 190 Å². The van der Waals surface area contributed by atoms with Crippen molar-refractivity contribution in [1.29, 1.82) is 0 Å². The molecule has 0 saturated carbocycles. The number of para-hydroxylation sites is 2. The van der Waals surface area contributed by atoms with Crippen LogP contribution in [0.15, 0.2) is 48.5 Å². The van der Waals surface area contributed by atoms with Crippen molar-refractivity contribution in [3.63, 3.8) is 0 Å². The van der Waals surface area contributed by atoms with Crippen molar-refractivity contribution in [3.05, 3.63) is 59.9 Å². The first-order chi connectivity index (χ1) is 15.7. The summed E-state index contributed by atoms with van der Waals surface area (Å²) < 4.78 is 5.29. The van der Waals surface area contributed by atoms with Gasteiger partial charge in [-0.15, -0.1) is 0 Å². The molecule has 32 heavy (non-hydrogen) atoms. The van der Waals surface area contributed by atoms with Crippen LogP contribution in [0.5, 0.6) is 5.75 Å². The molecule has 6 nitrogen and oxygen atoms in total. The average Bonchev–Trinajstić information content (AvgIpc) is 2.85. The predicted octanol–water partition coefficient (Wildman–Crippen LogP) is 3.73. The topological polar surface area (TPSA) is 44.7 Å². The highest BCUT2D eigenvalue weighted by Gasteiger charge is 2.28. The summed E-state index contributed by atoms with van der Waals surface area (Å²) in [5.74, 6) is 0.918. The normalized spacial score (nSPS) is 20.6. The Morgan fingerprint density at radius 2 is 1.62 bits per heavy atom. The Hall–Kier alpha value is -2.70. The van der Waals surface area contributed by atoms with E-state index in [1.54, 1.807) is 7.11 Å². The highest BCUT2D eigenvalue weighted by atomic mass is 16.5. The second-order valence-electron chi connectivity index (χ2n) is 9.00. The summed E-state index contributed by atoms with van der Waals surface area (Å²) in [4.78, 5) is 17.5. The van der Waals surface area contributed by atoms with Crippen LogP contribution in [0, 0.1) is 6.92 Å². The van der Waals surface area contributed by atoms with E-state index in [-0.39, 0.29) is 0 Å². The minimum atomic E-state index is 0.635. The third-order valence-corrected chi connectivity index (χ3v) is 6.97. The van der Waals surface area contributed by atoms with Crippen molar-refractivity contribution in [3.8, 4) is 5.75 Å². The van der Waals surface area contributed by atoms with Gasteiger partial charge in [0.05, 0.1) is 29.5 Å². The van der Waals surface area contributed by atoms with Crippen LogP contribution in [0.25, 0.3) is 11.0 Å². The van der Waals surface area contributed by atoms with Crippen LogP contribution in [-0.2, 0) is 6.54 Å². The maximum atomic E-state index is 5.29. The molecule has 1 atom stereocenters. The van der Waals surface area contributed by atoms with Gasteiger partial charge in [0, 0.05) is 51.0 Å². The molecular weight excluding hydrogens is 398 g/mol. The third-order valence-electron chi connectivity index (χ3n) is 6.97. The number of anilines is 1. The van der Waals surface area contributed by atoms with Gasteiger partial charge in [-0.25, -0.2) is 9.97 Å². The number of fused-ring (bicyclic) bond motifs is 1. The Bertz CT molecular complexity index is 1050. The van der Waals surface area contributed by atoms with Crippen LogP contribution in [0.4, 0.5) is 5.69 Å². The lowest BCUT2D eigenvalue weighted by Crippen LogP contribution is -2.55. The molecule has 0 aliphatic carbocycles. The molecular formula is C26H33N5O. The fourth-order valence-corrected chi connectivity index (χ4v) is 5.10. The number of hydrogen-bond donors (Lipinski definition) is 0. The standard InChI is InChI=1S/C26H33N5O/c1-20-26(28-25-8-4-3-7-24(25)27-20)19-29-13-5-6-22(18-29)31-16-14-30(15-17-31)21-9-11-23(32-2)12-10-21/h3-4,7-12,22H,5-6,13-19H2,1-2H3. The van der Waals surface area contributed by atoms with E-state index in [1.807, 2.05) is 18.2 Å². The molecule has 5 rings (SSSR count). The quantitative estimate of drug-likeness (QED) is 0.613. The molecule has 2 fully saturated rings. The first-order valence-electron chi connectivity index (χ1n) is 11.8. The molecule has 1 aromatic heterocycles. The maximum absolute atomic E-state index is 5.29. The fraction of sp³-hybridized carbons (Fsp3) is 0.462. The smallest absolute Gasteiger partial charge is 0.119 e. The van der Waals surface area contributed by atoms with Crippen LogP contribution in [0.3, 0.4) is 0 Å². The fourth-order valence-electron chi connectivity index (χ4n) is 5.10. The van der Waals surface area contributed by atoms with Crippen LogP contribution < -0.4 is 9.64 Å². The summed E-state index contributed by atoms with van der Waals surface area (Å²) in [7, 11) is 1.72. The number of ether oxygens (including phenoxy) is 1. The van der Waals surface area contributed by atoms with E-state index in [4.69, 9.17) is 14.7 Å². The Balaban J connectivity index is 1.19. The van der Waals surface area contributed by atoms with Gasteiger partial charge in [-0.3, -0.25) is 9.80 Å². The minimum Gasteiger partial charge on any atom is -0.497 e. The largest absolute Gasteiger partial charge is 0.497 e. The van der Waals surface area contributed by atoms with Crippen molar-refractivity contribution >= 4 is 16.7 Å². The number of rotatable bonds is 5. The molecule has 2 aromatic carbocycles. The highest BCUT2D eigenvalue weighted by molar-refractivity contribution is 5.74. The second kappa shape index (κ2) is 9.43. The second-order valence-corrected chi connectivity index (χ2v) is 9.00. The zero-order valence-corrected chi connectivity index (χ0v) is 19.2. The third kappa shape index (κ3) is 4.57. The van der Waals surface area contributed by atoms with Gasteiger partial charge in [-0.2, -0.15) is 0 Å². The van der Waals surface area contributed by atoms with Crippen molar-refractivity contribution in [2.75, 3.05) is 51.3 Å². The lowest BCUT2D eigenvalue weighted by molar-refractivity contribution is 0.0880. The van der Waals surface area contributed by atoms with E-state index in [1.165, 1.54) is 18.5 Å². The summed E-state index contributed by atoms with van der Waals surface area (Å²) in [6.45, 7) is 9.67. The zero-order chi connectivity index (χ0) is 21.9. The summed E-state index contributed by atoms with van der Waals surface area (Å²) in [5.41, 5.74) is 5.45. The molecule has 0 N–H and O–H groups in total. The number of likely N-dealkylation sites (tertiary alicyclic amines) is 1. The lowest BCUT2D eigenvalue weighted by Gasteiger charge is -2.44.